The van der Waals surface area contributed by atoms with Crippen molar-refractivity contribution >= 4 is 35.6 Å². The van der Waals surface area contributed by atoms with Gasteiger partial charge in [0.1, 0.15) is 24.2 Å². The summed E-state index contributed by atoms with van der Waals surface area (Å²) in [5.41, 5.74) is 26.9. The molecular weight excluding hydrogens is 500 g/mol. The summed E-state index contributed by atoms with van der Waals surface area (Å²) in [7, 11) is 0. The van der Waals surface area contributed by atoms with Gasteiger partial charge >= 0.3 is 5.97 Å². The van der Waals surface area contributed by atoms with Crippen molar-refractivity contribution in [2.24, 2.45) is 44.6 Å². The fourth-order valence-electron chi connectivity index (χ4n) is 3.24. The Kier molecular flexibility index (Phi) is 16.0. The van der Waals surface area contributed by atoms with Gasteiger partial charge in [0.15, 0.2) is 11.9 Å². The number of amides is 3. The summed E-state index contributed by atoms with van der Waals surface area (Å²) in [5.74, 6) is -4.06. The third-order valence-electron chi connectivity index (χ3n) is 5.75. The van der Waals surface area contributed by atoms with Crippen molar-refractivity contribution in [1.82, 2.24) is 16.0 Å². The molecule has 0 heterocycles. The summed E-state index contributed by atoms with van der Waals surface area (Å²) < 4.78 is 0. The average molecular weight is 545 g/mol. The van der Waals surface area contributed by atoms with Crippen LogP contribution >= 0.6 is 0 Å². The number of carboxylic acids is 1. The van der Waals surface area contributed by atoms with Gasteiger partial charge in [-0.05, 0) is 38.5 Å². The van der Waals surface area contributed by atoms with Crippen LogP contribution in [0.3, 0.4) is 0 Å². The predicted molar refractivity (Wildman–Crippen MR) is 142 cm³/mol. The first-order valence-corrected chi connectivity index (χ1v) is 12.4. The SMILES string of the molecule is CCC(C)C(NC(=O)C(N)C(C)O)C(=O)NC(CCCN=C(N)N)C(=O)NC(CCCN=C(N)N)C(=O)O. The Morgan fingerprint density at radius 1 is 0.789 bits per heavy atom. The fraction of sp³-hybridized carbons (Fsp3) is 0.727. The lowest BCUT2D eigenvalue weighted by atomic mass is 9.96. The Labute approximate surface area is 222 Å². The summed E-state index contributed by atoms with van der Waals surface area (Å²) in [6, 6.07) is -4.75. The molecule has 38 heavy (non-hydrogen) atoms. The van der Waals surface area contributed by atoms with Gasteiger partial charge in [0.2, 0.25) is 17.7 Å². The second-order valence-corrected chi connectivity index (χ2v) is 9.00. The van der Waals surface area contributed by atoms with Gasteiger partial charge in [-0.2, -0.15) is 0 Å². The number of carboxylic acid groups (broad SMARTS) is 1. The molecule has 0 rings (SSSR count). The highest BCUT2D eigenvalue weighted by atomic mass is 16.4. The zero-order valence-electron chi connectivity index (χ0n) is 22.2. The van der Waals surface area contributed by atoms with E-state index in [9.17, 15) is 29.4 Å². The molecule has 16 nitrogen and oxygen atoms in total. The van der Waals surface area contributed by atoms with Gasteiger partial charge < -0.3 is 54.8 Å². The van der Waals surface area contributed by atoms with Gasteiger partial charge in [0.05, 0.1) is 6.10 Å². The van der Waals surface area contributed by atoms with Crippen LogP contribution in [0.5, 0.6) is 0 Å². The summed E-state index contributed by atoms with van der Waals surface area (Å²) in [6.45, 7) is 5.22. The molecule has 3 amide bonds. The summed E-state index contributed by atoms with van der Waals surface area (Å²) in [6.07, 6.45) is 0.0251. The smallest absolute Gasteiger partial charge is 0.326 e. The number of nitrogens with one attached hydrogen (secondary N) is 3. The van der Waals surface area contributed by atoms with E-state index in [1.165, 1.54) is 6.92 Å². The molecule has 0 saturated carbocycles. The molecule has 0 spiro atoms. The molecule has 0 aliphatic rings. The molecule has 6 unspecified atom stereocenters. The monoisotopic (exact) mass is 544 g/mol. The first kappa shape index (κ1) is 34.3. The normalized spacial score (nSPS) is 15.5. The third-order valence-corrected chi connectivity index (χ3v) is 5.75. The first-order chi connectivity index (χ1) is 17.7. The zero-order chi connectivity index (χ0) is 29.4. The fourth-order valence-corrected chi connectivity index (χ4v) is 3.24. The number of aliphatic imine (C=N–C) groups is 2. The van der Waals surface area contributed by atoms with Crippen molar-refractivity contribution in [2.75, 3.05) is 13.1 Å². The minimum absolute atomic E-state index is 0.0370. The molecule has 0 aromatic heterocycles. The lowest BCUT2D eigenvalue weighted by molar-refractivity contribution is -0.142. The zero-order valence-corrected chi connectivity index (χ0v) is 22.2. The number of aliphatic carboxylic acids is 1. The van der Waals surface area contributed by atoms with Crippen molar-refractivity contribution in [3.05, 3.63) is 0 Å². The van der Waals surface area contributed by atoms with Gasteiger partial charge in [0, 0.05) is 13.1 Å². The molecule has 16 heteroatoms. The van der Waals surface area contributed by atoms with E-state index in [4.69, 9.17) is 28.7 Å². The lowest BCUT2D eigenvalue weighted by Gasteiger charge is -2.28. The largest absolute Gasteiger partial charge is 0.480 e. The maximum atomic E-state index is 13.2. The Balaban J connectivity index is 5.68. The number of hydrogen-bond donors (Lipinski definition) is 10. The van der Waals surface area contributed by atoms with Crippen molar-refractivity contribution in [3.63, 3.8) is 0 Å². The number of rotatable bonds is 18. The maximum absolute atomic E-state index is 13.2. The second kappa shape index (κ2) is 17.7. The number of nitrogens with two attached hydrogens (primary N) is 5. The van der Waals surface area contributed by atoms with Crippen LogP contribution < -0.4 is 44.6 Å². The minimum Gasteiger partial charge on any atom is -0.480 e. The Morgan fingerprint density at radius 3 is 1.68 bits per heavy atom. The third kappa shape index (κ3) is 13.6. The van der Waals surface area contributed by atoms with E-state index < -0.39 is 54.0 Å². The van der Waals surface area contributed by atoms with Crippen LogP contribution in [0.1, 0.15) is 52.9 Å². The standard InChI is InChI=1S/C22H44N10O6/c1-4-11(2)16(32-18(35)15(23)12(3)33)19(36)30-13(7-5-9-28-21(24)25)17(34)31-14(20(37)38)8-6-10-29-22(26)27/h11-16,33H,4-10,23H2,1-3H3,(H,30,36)(H,31,34)(H,32,35)(H,37,38)(H4,24,25,28)(H4,26,27,29). The molecule has 0 aliphatic heterocycles. The number of nitrogens with zero attached hydrogens (tertiary/aromatic N) is 2. The number of aliphatic hydroxyl groups excluding tert-OH is 1. The van der Waals surface area contributed by atoms with Crippen LogP contribution in [-0.2, 0) is 19.2 Å². The minimum atomic E-state index is -1.27. The Hall–Kier alpha value is -3.66. The van der Waals surface area contributed by atoms with Gasteiger partial charge in [-0.1, -0.05) is 20.3 Å². The van der Waals surface area contributed by atoms with E-state index in [0.717, 1.165) is 0 Å². The van der Waals surface area contributed by atoms with E-state index in [2.05, 4.69) is 25.9 Å². The van der Waals surface area contributed by atoms with Crippen LogP contribution in [0.4, 0.5) is 0 Å². The predicted octanol–water partition coefficient (Wildman–Crippen LogP) is -3.61. The molecule has 0 saturated heterocycles. The second-order valence-electron chi connectivity index (χ2n) is 9.00. The van der Waals surface area contributed by atoms with E-state index in [1.54, 1.807) is 6.92 Å². The topological polar surface area (TPSA) is 300 Å². The number of guanidine groups is 2. The van der Waals surface area contributed by atoms with Crippen molar-refractivity contribution in [1.29, 1.82) is 0 Å². The maximum Gasteiger partial charge on any atom is 0.326 e. The molecule has 218 valence electrons. The number of aliphatic hydroxyl groups is 1. The molecule has 0 radical (unpaired) electrons. The molecule has 0 bridgehead atoms. The molecule has 6 atom stereocenters. The molecule has 0 aromatic rings. The summed E-state index contributed by atoms with van der Waals surface area (Å²) >= 11 is 0. The van der Waals surface area contributed by atoms with Crippen molar-refractivity contribution < 1.29 is 29.4 Å². The highest BCUT2D eigenvalue weighted by Crippen LogP contribution is 2.11. The Morgan fingerprint density at radius 2 is 1.26 bits per heavy atom. The van der Waals surface area contributed by atoms with Crippen LogP contribution in [0.15, 0.2) is 9.98 Å². The van der Waals surface area contributed by atoms with E-state index in [1.807, 2.05) is 6.92 Å². The van der Waals surface area contributed by atoms with Crippen molar-refractivity contribution in [3.8, 4) is 0 Å². The van der Waals surface area contributed by atoms with Crippen LogP contribution in [0, 0.1) is 5.92 Å². The average Bonchev–Trinajstić information content (AvgIpc) is 2.84. The molecule has 0 fully saturated rings. The van der Waals surface area contributed by atoms with Gasteiger partial charge in [0.25, 0.3) is 0 Å². The van der Waals surface area contributed by atoms with E-state index in [0.29, 0.717) is 6.42 Å². The number of carbonyl (C=O) groups excluding carboxylic acids is 3. The number of hydrogen-bond acceptors (Lipinski definition) is 8. The van der Waals surface area contributed by atoms with Crippen LogP contribution in [0.2, 0.25) is 0 Å². The van der Waals surface area contributed by atoms with E-state index in [-0.39, 0.29) is 56.6 Å². The quantitative estimate of drug-likeness (QED) is 0.0456. The lowest BCUT2D eigenvalue weighted by Crippen LogP contribution is -2.59. The van der Waals surface area contributed by atoms with Gasteiger partial charge in [-0.15, -0.1) is 0 Å². The van der Waals surface area contributed by atoms with E-state index >= 15 is 0 Å². The van der Waals surface area contributed by atoms with Gasteiger partial charge in [-0.3, -0.25) is 24.4 Å². The molecule has 0 aromatic carbocycles. The Bertz CT molecular complexity index is 842. The van der Waals surface area contributed by atoms with Gasteiger partial charge in [-0.25, -0.2) is 4.79 Å². The van der Waals surface area contributed by atoms with Crippen LogP contribution in [-0.4, -0.2) is 89.2 Å². The summed E-state index contributed by atoms with van der Waals surface area (Å²) in [5, 5.41) is 26.7. The van der Waals surface area contributed by atoms with Crippen molar-refractivity contribution in [2.45, 2.75) is 83.1 Å². The summed E-state index contributed by atoms with van der Waals surface area (Å²) in [4.78, 5) is 58.0. The van der Waals surface area contributed by atoms with Crippen LogP contribution in [0.25, 0.3) is 0 Å². The number of carbonyl (C=O) groups is 4. The molecular formula is C22H44N10O6. The first-order valence-electron chi connectivity index (χ1n) is 12.4. The molecule has 15 N–H and O–H groups in total. The highest BCUT2D eigenvalue weighted by Gasteiger charge is 2.33. The highest BCUT2D eigenvalue weighted by molar-refractivity contribution is 5.94. The molecule has 0 aliphatic carbocycles.